The van der Waals surface area contributed by atoms with Crippen LogP contribution in [0.25, 0.3) is 0 Å². The Bertz CT molecular complexity index is 1540. The molecule has 3 N–H and O–H groups in total. The molecule has 1 unspecified atom stereocenters. The highest BCUT2D eigenvalue weighted by atomic mass is 35.5. The molecule has 0 bridgehead atoms. The molecule has 4 amide bonds. The first kappa shape index (κ1) is 31.8. The molecule has 1 heterocycles. The Morgan fingerprint density at radius 1 is 1.05 bits per heavy atom. The normalized spacial score (nSPS) is 13.7. The average molecular weight is 617 g/mol. The monoisotopic (exact) mass is 616 g/mol. The number of halogens is 1. The van der Waals surface area contributed by atoms with Crippen molar-refractivity contribution in [2.24, 2.45) is 5.22 Å². The second kappa shape index (κ2) is 14.4. The Hall–Kier alpha value is -5.10. The molecule has 0 saturated carbocycles. The lowest BCUT2D eigenvalue weighted by molar-refractivity contribution is -0.143. The van der Waals surface area contributed by atoms with Crippen molar-refractivity contribution < 1.29 is 19.2 Å². The molecule has 228 valence electrons. The molecular weight excluding hydrogens is 584 g/mol. The van der Waals surface area contributed by atoms with Crippen LogP contribution in [0.3, 0.4) is 0 Å². The Labute approximate surface area is 260 Å². The lowest BCUT2D eigenvalue weighted by Crippen LogP contribution is -2.60. The van der Waals surface area contributed by atoms with Crippen molar-refractivity contribution in [3.63, 3.8) is 0 Å². The summed E-state index contributed by atoms with van der Waals surface area (Å²) in [6, 6.07) is 19.5. The van der Waals surface area contributed by atoms with Crippen molar-refractivity contribution >= 4 is 64.3 Å². The van der Waals surface area contributed by atoms with Gasteiger partial charge in [0.25, 0.3) is 0 Å². The summed E-state index contributed by atoms with van der Waals surface area (Å²) in [4.78, 5) is 57.1. The van der Waals surface area contributed by atoms with E-state index < -0.39 is 23.8 Å². The average Bonchev–Trinajstić information content (AvgIpc) is 3.01. The SMILES string of the molecule is CCCN(C(C)=O)c1ccc(NC(=O)C(Cc2ccccc2)N2CC(=O)N(c3cc(Cl)ccc3N(C=N)N=N)CC2=O)cc1. The van der Waals surface area contributed by atoms with E-state index in [1.54, 1.807) is 29.2 Å². The zero-order chi connectivity index (χ0) is 31.8. The summed E-state index contributed by atoms with van der Waals surface area (Å²) in [5.41, 5.74) is 9.80. The van der Waals surface area contributed by atoms with E-state index in [1.807, 2.05) is 37.3 Å². The predicted molar refractivity (Wildman–Crippen MR) is 169 cm³/mol. The van der Waals surface area contributed by atoms with Crippen LogP contribution in [-0.2, 0) is 25.6 Å². The van der Waals surface area contributed by atoms with E-state index in [4.69, 9.17) is 22.5 Å². The summed E-state index contributed by atoms with van der Waals surface area (Å²) in [6.07, 6.45) is 1.76. The number of hydrogen-bond donors (Lipinski definition) is 3. The maximum atomic E-state index is 13.7. The van der Waals surface area contributed by atoms with E-state index in [9.17, 15) is 19.2 Å². The minimum atomic E-state index is -1.01. The van der Waals surface area contributed by atoms with Crippen LogP contribution in [0, 0.1) is 10.9 Å². The van der Waals surface area contributed by atoms with Crippen LogP contribution in [0.1, 0.15) is 25.8 Å². The standard InChI is InChI=1S/C31H33ClN8O4/c1-3-15-37(21(2)41)25-12-10-24(11-13-25)35-31(44)28(16-22-7-5-4-6-8-22)39-19-29(42)38(18-30(39)43)27-17-23(32)9-14-26(27)40(20-33)36-34/h4-14,17,20,28,33-34H,3,15-16,18-19H2,1-2H3,(H,35,44). The van der Waals surface area contributed by atoms with Crippen LogP contribution in [0.2, 0.25) is 5.02 Å². The number of nitrogens with one attached hydrogen (secondary N) is 3. The van der Waals surface area contributed by atoms with E-state index in [0.717, 1.165) is 23.3 Å². The molecule has 12 nitrogen and oxygen atoms in total. The molecule has 44 heavy (non-hydrogen) atoms. The maximum Gasteiger partial charge on any atom is 0.247 e. The molecule has 1 aliphatic heterocycles. The molecule has 13 heteroatoms. The highest BCUT2D eigenvalue weighted by Gasteiger charge is 2.39. The fourth-order valence-electron chi connectivity index (χ4n) is 5.02. The van der Waals surface area contributed by atoms with Gasteiger partial charge >= 0.3 is 0 Å². The number of benzene rings is 3. The van der Waals surface area contributed by atoms with Crippen LogP contribution >= 0.6 is 11.6 Å². The van der Waals surface area contributed by atoms with Gasteiger partial charge in [0.15, 0.2) is 0 Å². The van der Waals surface area contributed by atoms with Crippen molar-refractivity contribution in [2.45, 2.75) is 32.7 Å². The van der Waals surface area contributed by atoms with Gasteiger partial charge in [-0.15, -0.1) is 0 Å². The number of carbonyl (C=O) groups is 4. The Balaban J connectivity index is 1.60. The zero-order valence-electron chi connectivity index (χ0n) is 24.4. The highest BCUT2D eigenvalue weighted by Crippen LogP contribution is 2.34. The molecule has 1 atom stereocenters. The van der Waals surface area contributed by atoms with E-state index in [0.29, 0.717) is 17.9 Å². The summed E-state index contributed by atoms with van der Waals surface area (Å²) in [5.74, 6) is -1.50. The second-order valence-electron chi connectivity index (χ2n) is 10.1. The molecule has 3 aromatic rings. The van der Waals surface area contributed by atoms with Crippen molar-refractivity contribution in [1.29, 1.82) is 10.9 Å². The van der Waals surface area contributed by atoms with E-state index >= 15 is 0 Å². The Kier molecular flexibility index (Phi) is 10.4. The molecule has 0 aromatic heterocycles. The number of piperazine rings is 1. The van der Waals surface area contributed by atoms with Crippen molar-refractivity contribution in [1.82, 2.24) is 4.90 Å². The molecule has 0 aliphatic carbocycles. The summed E-state index contributed by atoms with van der Waals surface area (Å²) < 4.78 is 0. The Morgan fingerprint density at radius 2 is 1.75 bits per heavy atom. The van der Waals surface area contributed by atoms with Gasteiger partial charge < -0.3 is 15.1 Å². The minimum absolute atomic E-state index is 0.0848. The third-order valence-electron chi connectivity index (χ3n) is 7.15. The van der Waals surface area contributed by atoms with E-state index in [1.165, 1.54) is 34.9 Å². The van der Waals surface area contributed by atoms with Crippen LogP contribution in [0.15, 0.2) is 78.0 Å². The van der Waals surface area contributed by atoms with Crippen molar-refractivity contribution in [3.8, 4) is 0 Å². The van der Waals surface area contributed by atoms with Gasteiger partial charge in [-0.1, -0.05) is 54.1 Å². The third-order valence-corrected chi connectivity index (χ3v) is 7.39. The van der Waals surface area contributed by atoms with Crippen LogP contribution in [-0.4, -0.2) is 60.5 Å². The van der Waals surface area contributed by atoms with Crippen LogP contribution in [0.5, 0.6) is 0 Å². The number of hydrogen-bond acceptors (Lipinski definition) is 7. The molecule has 1 fully saturated rings. The zero-order valence-corrected chi connectivity index (χ0v) is 25.1. The topological polar surface area (TPSA) is 153 Å². The first-order valence-electron chi connectivity index (χ1n) is 14.0. The van der Waals surface area contributed by atoms with Gasteiger partial charge in [-0.25, -0.2) is 5.01 Å². The van der Waals surface area contributed by atoms with Gasteiger partial charge in [0.05, 0.1) is 11.4 Å². The molecule has 0 spiro atoms. The number of carbonyl (C=O) groups excluding carboxylic acids is 4. The second-order valence-corrected chi connectivity index (χ2v) is 10.6. The first-order valence-corrected chi connectivity index (χ1v) is 14.3. The van der Waals surface area contributed by atoms with Crippen molar-refractivity contribution in [3.05, 3.63) is 83.4 Å². The lowest BCUT2D eigenvalue weighted by Gasteiger charge is -2.38. The number of anilines is 4. The smallest absolute Gasteiger partial charge is 0.247 e. The lowest BCUT2D eigenvalue weighted by atomic mass is 10.0. The Morgan fingerprint density at radius 3 is 2.36 bits per heavy atom. The fourth-order valence-corrected chi connectivity index (χ4v) is 5.19. The van der Waals surface area contributed by atoms with Gasteiger partial charge in [0.1, 0.15) is 25.5 Å². The summed E-state index contributed by atoms with van der Waals surface area (Å²) >= 11 is 6.20. The van der Waals surface area contributed by atoms with Crippen LogP contribution < -0.4 is 20.1 Å². The summed E-state index contributed by atoms with van der Waals surface area (Å²) in [7, 11) is 0. The number of rotatable bonds is 12. The number of amides is 4. The van der Waals surface area contributed by atoms with Gasteiger partial charge in [0, 0.05) is 36.3 Å². The fraction of sp³-hybridized carbons (Fsp3) is 0.258. The van der Waals surface area contributed by atoms with Gasteiger partial charge in [0.2, 0.25) is 23.6 Å². The molecule has 4 rings (SSSR count). The largest absolute Gasteiger partial charge is 0.324 e. The third kappa shape index (κ3) is 7.27. The van der Waals surface area contributed by atoms with E-state index in [-0.39, 0.29) is 41.8 Å². The molecule has 1 saturated heterocycles. The predicted octanol–water partition coefficient (Wildman–Crippen LogP) is 4.89. The molecule has 1 aliphatic rings. The minimum Gasteiger partial charge on any atom is -0.324 e. The van der Waals surface area contributed by atoms with Gasteiger partial charge in [-0.2, -0.15) is 5.53 Å². The quantitative estimate of drug-likeness (QED) is 0.114. The van der Waals surface area contributed by atoms with Gasteiger partial charge in [-0.05, 0) is 54.4 Å². The summed E-state index contributed by atoms with van der Waals surface area (Å²) in [6.45, 7) is 3.27. The summed E-state index contributed by atoms with van der Waals surface area (Å²) in [5, 5.41) is 14.9. The molecule has 0 radical (unpaired) electrons. The number of nitrogens with zero attached hydrogens (tertiary/aromatic N) is 5. The molecule has 3 aromatic carbocycles. The van der Waals surface area contributed by atoms with Gasteiger partial charge in [-0.3, -0.25) is 29.5 Å². The maximum absolute atomic E-state index is 13.7. The molecular formula is C31H33ClN8O4. The first-order chi connectivity index (χ1) is 21.2. The van der Waals surface area contributed by atoms with Crippen LogP contribution in [0.4, 0.5) is 22.7 Å². The van der Waals surface area contributed by atoms with E-state index in [2.05, 4.69) is 10.5 Å². The van der Waals surface area contributed by atoms with Crippen molar-refractivity contribution in [2.75, 3.05) is 39.8 Å². The highest BCUT2D eigenvalue weighted by molar-refractivity contribution is 6.31.